The van der Waals surface area contributed by atoms with Gasteiger partial charge in [0.05, 0.1) is 12.3 Å². The van der Waals surface area contributed by atoms with E-state index in [0.29, 0.717) is 0 Å². The fourth-order valence-electron chi connectivity index (χ4n) is 0.903. The Hall–Kier alpha value is -0.633. The summed E-state index contributed by atoms with van der Waals surface area (Å²) in [5.74, 6) is 0. The molecule has 0 aliphatic rings. The van der Waals surface area contributed by atoms with Crippen LogP contribution in [0.3, 0.4) is 0 Å². The van der Waals surface area contributed by atoms with Gasteiger partial charge < -0.3 is 23.3 Å². The Morgan fingerprint density at radius 2 is 1.67 bits per heavy atom. The SMILES string of the molecule is CO[Si](CNC(=O)OC(C)C)(OC)OC. The molecule has 0 heterocycles. The van der Waals surface area contributed by atoms with Gasteiger partial charge in [-0.25, -0.2) is 4.79 Å². The van der Waals surface area contributed by atoms with Crippen LogP contribution >= 0.6 is 0 Å². The van der Waals surface area contributed by atoms with Crippen LogP contribution in [0.15, 0.2) is 0 Å². The van der Waals surface area contributed by atoms with Crippen LogP contribution in [0.5, 0.6) is 0 Å². The molecular formula is C8H19NO5Si. The number of nitrogens with one attached hydrogen (secondary N) is 1. The molecule has 90 valence electrons. The van der Waals surface area contributed by atoms with Crippen molar-refractivity contribution >= 4 is 14.9 Å². The lowest BCUT2D eigenvalue weighted by atomic mass is 10.5. The number of alkyl carbamates (subject to hydrolysis) is 1. The standard InChI is InChI=1S/C8H19NO5Si/c1-7(2)14-8(10)9-6-15(11-3,12-4)13-5/h7H,6H2,1-5H3,(H,9,10). The second-order valence-electron chi connectivity index (χ2n) is 3.10. The number of rotatable bonds is 6. The maximum Gasteiger partial charge on any atom is 0.520 e. The summed E-state index contributed by atoms with van der Waals surface area (Å²) in [6, 6.07) is 0. The second-order valence-corrected chi connectivity index (χ2v) is 6.05. The van der Waals surface area contributed by atoms with E-state index < -0.39 is 14.9 Å². The van der Waals surface area contributed by atoms with Crippen LogP contribution in [0.1, 0.15) is 13.8 Å². The summed E-state index contributed by atoms with van der Waals surface area (Å²) >= 11 is 0. The van der Waals surface area contributed by atoms with E-state index in [1.165, 1.54) is 21.3 Å². The highest BCUT2D eigenvalue weighted by Crippen LogP contribution is 2.03. The summed E-state index contributed by atoms with van der Waals surface area (Å²) in [7, 11) is 1.70. The molecule has 0 aromatic rings. The lowest BCUT2D eigenvalue weighted by Gasteiger charge is -2.24. The second kappa shape index (κ2) is 6.78. The van der Waals surface area contributed by atoms with E-state index >= 15 is 0 Å². The van der Waals surface area contributed by atoms with Gasteiger partial charge in [-0.15, -0.1) is 0 Å². The van der Waals surface area contributed by atoms with Crippen molar-refractivity contribution in [3.63, 3.8) is 0 Å². The average molecular weight is 237 g/mol. The van der Waals surface area contributed by atoms with Gasteiger partial charge in [-0.05, 0) is 13.8 Å². The minimum absolute atomic E-state index is 0.159. The molecule has 0 aliphatic carbocycles. The highest BCUT2D eigenvalue weighted by molar-refractivity contribution is 6.61. The first-order valence-corrected chi connectivity index (χ1v) is 6.52. The van der Waals surface area contributed by atoms with Crippen LogP contribution in [0.25, 0.3) is 0 Å². The predicted octanol–water partition coefficient (Wildman–Crippen LogP) is 0.538. The molecule has 0 fully saturated rings. The number of hydrogen-bond acceptors (Lipinski definition) is 5. The molecule has 0 saturated carbocycles. The largest absolute Gasteiger partial charge is 0.520 e. The molecule has 15 heavy (non-hydrogen) atoms. The number of hydrogen-bond donors (Lipinski definition) is 1. The Labute approximate surface area is 91.2 Å². The summed E-state index contributed by atoms with van der Waals surface area (Å²) in [6.07, 6.45) is -0.482. The minimum Gasteiger partial charge on any atom is -0.447 e. The average Bonchev–Trinajstić information content (AvgIpc) is 2.20. The zero-order valence-electron chi connectivity index (χ0n) is 9.83. The molecule has 0 bridgehead atoms. The third-order valence-corrected chi connectivity index (χ3v) is 4.20. The first-order chi connectivity index (χ1) is 6.99. The Morgan fingerprint density at radius 3 is 2.00 bits per heavy atom. The number of carbonyl (C=O) groups is 1. The van der Waals surface area contributed by atoms with Gasteiger partial charge in [0.2, 0.25) is 0 Å². The number of carbonyl (C=O) groups excluding carboxylic acids is 1. The van der Waals surface area contributed by atoms with Crippen LogP contribution in [-0.2, 0) is 18.0 Å². The number of amides is 1. The maximum atomic E-state index is 11.2. The van der Waals surface area contributed by atoms with Crippen LogP contribution in [0.4, 0.5) is 4.79 Å². The Bertz CT molecular complexity index is 187. The van der Waals surface area contributed by atoms with Crippen molar-refractivity contribution in [1.82, 2.24) is 5.32 Å². The highest BCUT2D eigenvalue weighted by atomic mass is 28.4. The predicted molar refractivity (Wildman–Crippen MR) is 56.4 cm³/mol. The third kappa shape index (κ3) is 5.12. The minimum atomic E-state index is -2.74. The quantitative estimate of drug-likeness (QED) is 0.683. The Kier molecular flexibility index (Phi) is 6.49. The molecule has 0 saturated heterocycles. The van der Waals surface area contributed by atoms with Gasteiger partial charge in [0.25, 0.3) is 0 Å². The van der Waals surface area contributed by atoms with E-state index in [2.05, 4.69) is 5.32 Å². The molecule has 0 aromatic heterocycles. The summed E-state index contributed by atoms with van der Waals surface area (Å²) < 4.78 is 20.2. The van der Waals surface area contributed by atoms with E-state index in [1.54, 1.807) is 13.8 Å². The molecule has 0 aromatic carbocycles. The molecule has 0 rings (SSSR count). The van der Waals surface area contributed by atoms with E-state index in [0.717, 1.165) is 0 Å². The molecule has 0 unspecified atom stereocenters. The monoisotopic (exact) mass is 237 g/mol. The summed E-state index contributed by atoms with van der Waals surface area (Å²) in [5.41, 5.74) is 0. The summed E-state index contributed by atoms with van der Waals surface area (Å²) in [5, 5.41) is 2.53. The fraction of sp³-hybridized carbons (Fsp3) is 0.875. The Morgan fingerprint density at radius 1 is 1.20 bits per heavy atom. The lowest BCUT2D eigenvalue weighted by molar-refractivity contribution is 0.103. The molecular weight excluding hydrogens is 218 g/mol. The molecule has 1 N–H and O–H groups in total. The molecule has 1 amide bonds. The van der Waals surface area contributed by atoms with Gasteiger partial charge in [0.15, 0.2) is 0 Å². The van der Waals surface area contributed by atoms with Gasteiger partial charge in [-0.3, -0.25) is 0 Å². The van der Waals surface area contributed by atoms with Crippen LogP contribution in [0.2, 0.25) is 0 Å². The van der Waals surface area contributed by atoms with Gasteiger partial charge in [-0.2, -0.15) is 0 Å². The number of ether oxygens (including phenoxy) is 1. The fourth-order valence-corrected chi connectivity index (χ4v) is 2.20. The normalized spacial score (nSPS) is 11.6. The van der Waals surface area contributed by atoms with Crippen LogP contribution in [0, 0.1) is 0 Å². The molecule has 0 aliphatic heterocycles. The summed E-state index contributed by atoms with van der Waals surface area (Å²) in [6.45, 7) is 3.54. The van der Waals surface area contributed by atoms with E-state index in [9.17, 15) is 4.79 Å². The topological polar surface area (TPSA) is 66.0 Å². The van der Waals surface area contributed by atoms with Crippen molar-refractivity contribution in [2.45, 2.75) is 20.0 Å². The van der Waals surface area contributed by atoms with Crippen LogP contribution < -0.4 is 5.32 Å². The zero-order chi connectivity index (χ0) is 11.9. The van der Waals surface area contributed by atoms with Crippen molar-refractivity contribution in [3.8, 4) is 0 Å². The smallest absolute Gasteiger partial charge is 0.447 e. The third-order valence-electron chi connectivity index (χ3n) is 1.72. The van der Waals surface area contributed by atoms with Crippen molar-refractivity contribution in [2.24, 2.45) is 0 Å². The van der Waals surface area contributed by atoms with E-state index in [4.69, 9.17) is 18.0 Å². The van der Waals surface area contributed by atoms with E-state index in [1.807, 2.05) is 0 Å². The molecule has 0 radical (unpaired) electrons. The zero-order valence-corrected chi connectivity index (χ0v) is 10.8. The highest BCUT2D eigenvalue weighted by Gasteiger charge is 2.38. The van der Waals surface area contributed by atoms with Crippen molar-refractivity contribution in [1.29, 1.82) is 0 Å². The van der Waals surface area contributed by atoms with Gasteiger partial charge in [0.1, 0.15) is 0 Å². The lowest BCUT2D eigenvalue weighted by Crippen LogP contribution is -2.53. The molecule has 6 nitrogen and oxygen atoms in total. The van der Waals surface area contributed by atoms with Crippen molar-refractivity contribution in [3.05, 3.63) is 0 Å². The van der Waals surface area contributed by atoms with Gasteiger partial charge in [-0.1, -0.05) is 0 Å². The first kappa shape index (κ1) is 14.4. The first-order valence-electron chi connectivity index (χ1n) is 4.59. The molecule has 0 atom stereocenters. The van der Waals surface area contributed by atoms with Crippen molar-refractivity contribution in [2.75, 3.05) is 27.5 Å². The van der Waals surface area contributed by atoms with E-state index in [-0.39, 0.29) is 12.3 Å². The molecule has 7 heteroatoms. The molecule has 0 spiro atoms. The van der Waals surface area contributed by atoms with Gasteiger partial charge in [0, 0.05) is 21.3 Å². The Balaban J connectivity index is 4.05. The maximum absolute atomic E-state index is 11.2. The van der Waals surface area contributed by atoms with Crippen molar-refractivity contribution < 1.29 is 22.8 Å². The summed E-state index contributed by atoms with van der Waals surface area (Å²) in [4.78, 5) is 11.2. The van der Waals surface area contributed by atoms with Crippen LogP contribution in [-0.4, -0.2) is 48.5 Å². The van der Waals surface area contributed by atoms with Gasteiger partial charge >= 0.3 is 14.9 Å².